The van der Waals surface area contributed by atoms with Crippen molar-refractivity contribution in [2.45, 2.75) is 26.3 Å². The number of carbonyl (C=O) groups is 1. The molecule has 1 aromatic rings. The lowest BCUT2D eigenvalue weighted by atomic mass is 9.98. The molecular formula is C11H18N4O2. The van der Waals surface area contributed by atoms with Gasteiger partial charge in [-0.3, -0.25) is 0 Å². The van der Waals surface area contributed by atoms with Crippen LogP contribution in [0.15, 0.2) is 0 Å². The summed E-state index contributed by atoms with van der Waals surface area (Å²) in [6.07, 6.45) is 2.29. The minimum Gasteiger partial charge on any atom is -0.464 e. The summed E-state index contributed by atoms with van der Waals surface area (Å²) in [5.74, 6) is 0.196. The smallest absolute Gasteiger partial charge is 0.360 e. The molecule has 0 saturated carbocycles. The number of esters is 1. The second-order valence-electron chi connectivity index (χ2n) is 4.39. The molecule has 17 heavy (non-hydrogen) atoms. The Balaban J connectivity index is 2.06. The molecule has 1 aliphatic rings. The molecule has 0 aliphatic carbocycles. The summed E-state index contributed by atoms with van der Waals surface area (Å²) in [6, 6.07) is 0. The van der Waals surface area contributed by atoms with Crippen LogP contribution in [0.25, 0.3) is 0 Å². The summed E-state index contributed by atoms with van der Waals surface area (Å²) in [4.78, 5) is 11.4. The van der Waals surface area contributed by atoms with Gasteiger partial charge in [-0.05, 0) is 38.8 Å². The molecule has 6 nitrogen and oxygen atoms in total. The van der Waals surface area contributed by atoms with Crippen LogP contribution in [0.4, 0.5) is 0 Å². The van der Waals surface area contributed by atoms with E-state index >= 15 is 0 Å². The van der Waals surface area contributed by atoms with E-state index in [-0.39, 0.29) is 0 Å². The summed E-state index contributed by atoms with van der Waals surface area (Å²) in [5.41, 5.74) is 1.11. The maximum absolute atomic E-state index is 11.4. The first kappa shape index (κ1) is 12.0. The lowest BCUT2D eigenvalue weighted by molar-refractivity contribution is 0.0593. The second kappa shape index (κ2) is 5.27. The van der Waals surface area contributed by atoms with Crippen LogP contribution in [0.3, 0.4) is 0 Å². The number of aromatic nitrogens is 3. The standard InChI is InChI=1S/C11H18N4O2/c1-8-10(11(16)17-2)13-14-15(8)7-9-3-5-12-6-4-9/h9,12H,3-7H2,1-2H3. The molecule has 1 aromatic heterocycles. The monoisotopic (exact) mass is 238 g/mol. The number of nitrogens with zero attached hydrogens (tertiary/aromatic N) is 3. The molecule has 0 atom stereocenters. The molecular weight excluding hydrogens is 220 g/mol. The van der Waals surface area contributed by atoms with Crippen LogP contribution in [0.1, 0.15) is 29.0 Å². The zero-order valence-corrected chi connectivity index (χ0v) is 10.3. The quantitative estimate of drug-likeness (QED) is 0.771. The highest BCUT2D eigenvalue weighted by Gasteiger charge is 2.20. The molecule has 0 aromatic carbocycles. The van der Waals surface area contributed by atoms with Gasteiger partial charge in [-0.25, -0.2) is 9.48 Å². The normalized spacial score (nSPS) is 17.1. The van der Waals surface area contributed by atoms with Crippen LogP contribution in [0.2, 0.25) is 0 Å². The molecule has 0 unspecified atom stereocenters. The van der Waals surface area contributed by atoms with Crippen LogP contribution in [-0.4, -0.2) is 41.2 Å². The number of hydrogen-bond donors (Lipinski definition) is 1. The summed E-state index contributed by atoms with van der Waals surface area (Å²) in [6.45, 7) is 4.80. The fourth-order valence-electron chi connectivity index (χ4n) is 2.13. The molecule has 6 heteroatoms. The van der Waals surface area contributed by atoms with E-state index in [0.29, 0.717) is 11.6 Å². The van der Waals surface area contributed by atoms with E-state index in [4.69, 9.17) is 0 Å². The Morgan fingerprint density at radius 1 is 1.53 bits per heavy atom. The number of carbonyl (C=O) groups excluding carboxylic acids is 1. The molecule has 0 amide bonds. The van der Waals surface area contributed by atoms with Gasteiger partial charge in [0.25, 0.3) is 0 Å². The number of piperidine rings is 1. The summed E-state index contributed by atoms with van der Waals surface area (Å²) >= 11 is 0. The Bertz CT molecular complexity index is 396. The van der Waals surface area contributed by atoms with Gasteiger partial charge in [-0.15, -0.1) is 5.10 Å². The number of methoxy groups -OCH3 is 1. The van der Waals surface area contributed by atoms with Gasteiger partial charge in [0, 0.05) is 6.54 Å². The van der Waals surface area contributed by atoms with Gasteiger partial charge in [0.05, 0.1) is 12.8 Å². The van der Waals surface area contributed by atoms with Crippen molar-refractivity contribution in [1.29, 1.82) is 0 Å². The van der Waals surface area contributed by atoms with Gasteiger partial charge in [-0.1, -0.05) is 5.21 Å². The molecule has 94 valence electrons. The van der Waals surface area contributed by atoms with E-state index in [0.717, 1.165) is 38.2 Å². The Hall–Kier alpha value is -1.43. The second-order valence-corrected chi connectivity index (χ2v) is 4.39. The molecule has 0 radical (unpaired) electrons. The van der Waals surface area contributed by atoms with Crippen molar-refractivity contribution in [2.75, 3.05) is 20.2 Å². The Morgan fingerprint density at radius 3 is 2.88 bits per heavy atom. The van der Waals surface area contributed by atoms with Crippen molar-refractivity contribution >= 4 is 5.97 Å². The van der Waals surface area contributed by atoms with Crippen LogP contribution >= 0.6 is 0 Å². The zero-order chi connectivity index (χ0) is 12.3. The minimum atomic E-state index is -0.418. The van der Waals surface area contributed by atoms with Crippen molar-refractivity contribution in [2.24, 2.45) is 5.92 Å². The first-order chi connectivity index (χ1) is 8.22. The van der Waals surface area contributed by atoms with E-state index < -0.39 is 5.97 Å². The van der Waals surface area contributed by atoms with Crippen molar-refractivity contribution in [1.82, 2.24) is 20.3 Å². The number of hydrogen-bond acceptors (Lipinski definition) is 5. The summed E-state index contributed by atoms with van der Waals surface area (Å²) < 4.78 is 6.46. The number of ether oxygens (including phenoxy) is 1. The van der Waals surface area contributed by atoms with Gasteiger partial charge >= 0.3 is 5.97 Å². The molecule has 1 saturated heterocycles. The first-order valence-corrected chi connectivity index (χ1v) is 5.91. The van der Waals surface area contributed by atoms with Gasteiger partial charge in [0.2, 0.25) is 0 Å². The van der Waals surface area contributed by atoms with Gasteiger partial charge in [0.1, 0.15) is 0 Å². The summed E-state index contributed by atoms with van der Waals surface area (Å²) in [7, 11) is 1.35. The number of rotatable bonds is 3. The van der Waals surface area contributed by atoms with E-state index in [1.807, 2.05) is 11.6 Å². The van der Waals surface area contributed by atoms with E-state index in [2.05, 4.69) is 20.4 Å². The average Bonchev–Trinajstić information content (AvgIpc) is 2.72. The SMILES string of the molecule is COC(=O)c1nnn(CC2CCNCC2)c1C. The van der Waals surface area contributed by atoms with Crippen LogP contribution in [-0.2, 0) is 11.3 Å². The molecule has 2 heterocycles. The van der Waals surface area contributed by atoms with Crippen LogP contribution in [0.5, 0.6) is 0 Å². The lowest BCUT2D eigenvalue weighted by Crippen LogP contribution is -2.30. The predicted octanol–water partition coefficient (Wildman–Crippen LogP) is 0.373. The first-order valence-electron chi connectivity index (χ1n) is 5.91. The Labute approximate surface area is 100 Å². The third-order valence-electron chi connectivity index (χ3n) is 3.25. The topological polar surface area (TPSA) is 69.0 Å². The summed E-state index contributed by atoms with van der Waals surface area (Å²) in [5, 5.41) is 11.2. The highest BCUT2D eigenvalue weighted by Crippen LogP contribution is 2.15. The van der Waals surface area contributed by atoms with E-state index in [1.54, 1.807) is 0 Å². The molecule has 0 bridgehead atoms. The Morgan fingerprint density at radius 2 is 2.24 bits per heavy atom. The van der Waals surface area contributed by atoms with E-state index in [1.165, 1.54) is 7.11 Å². The zero-order valence-electron chi connectivity index (χ0n) is 10.3. The van der Waals surface area contributed by atoms with E-state index in [9.17, 15) is 4.79 Å². The van der Waals surface area contributed by atoms with Crippen molar-refractivity contribution in [3.63, 3.8) is 0 Å². The molecule has 0 spiro atoms. The number of nitrogens with one attached hydrogen (secondary N) is 1. The largest absolute Gasteiger partial charge is 0.464 e. The molecule has 1 N–H and O–H groups in total. The van der Waals surface area contributed by atoms with Gasteiger partial charge < -0.3 is 10.1 Å². The third kappa shape index (κ3) is 2.63. The molecule has 1 fully saturated rings. The maximum atomic E-state index is 11.4. The maximum Gasteiger partial charge on any atom is 0.360 e. The molecule has 2 rings (SSSR count). The van der Waals surface area contributed by atoms with Crippen molar-refractivity contribution in [3.8, 4) is 0 Å². The predicted molar refractivity (Wildman–Crippen MR) is 61.7 cm³/mol. The fraction of sp³-hybridized carbons (Fsp3) is 0.727. The minimum absolute atomic E-state index is 0.321. The Kier molecular flexibility index (Phi) is 3.73. The highest BCUT2D eigenvalue weighted by molar-refractivity contribution is 5.88. The van der Waals surface area contributed by atoms with Crippen LogP contribution < -0.4 is 5.32 Å². The lowest BCUT2D eigenvalue weighted by Gasteiger charge is -2.22. The highest BCUT2D eigenvalue weighted by atomic mass is 16.5. The third-order valence-corrected chi connectivity index (χ3v) is 3.25. The van der Waals surface area contributed by atoms with Crippen molar-refractivity contribution < 1.29 is 9.53 Å². The molecule has 1 aliphatic heterocycles. The average molecular weight is 238 g/mol. The van der Waals surface area contributed by atoms with Gasteiger partial charge in [0.15, 0.2) is 5.69 Å². The fourth-order valence-corrected chi connectivity index (χ4v) is 2.13. The van der Waals surface area contributed by atoms with Crippen LogP contribution in [0, 0.1) is 12.8 Å². The van der Waals surface area contributed by atoms with Gasteiger partial charge in [-0.2, -0.15) is 0 Å². The van der Waals surface area contributed by atoms with Crippen molar-refractivity contribution in [3.05, 3.63) is 11.4 Å².